The van der Waals surface area contributed by atoms with Crippen LogP contribution in [-0.4, -0.2) is 16.1 Å². The molecule has 0 bridgehead atoms. The Labute approximate surface area is 131 Å². The molecule has 3 N–H and O–H groups in total. The van der Waals surface area contributed by atoms with Crippen LogP contribution in [0.25, 0.3) is 21.8 Å². The lowest BCUT2D eigenvalue weighted by Crippen LogP contribution is -1.96. The van der Waals surface area contributed by atoms with Gasteiger partial charge in [0.05, 0.1) is 5.69 Å². The van der Waals surface area contributed by atoms with Crippen LogP contribution in [0.4, 0.5) is 5.69 Å². The van der Waals surface area contributed by atoms with Crippen molar-refractivity contribution in [2.45, 2.75) is 6.92 Å². The van der Waals surface area contributed by atoms with Crippen molar-refractivity contribution in [1.29, 1.82) is 0 Å². The van der Waals surface area contributed by atoms with Gasteiger partial charge in [-0.05, 0) is 18.6 Å². The first-order chi connectivity index (χ1) is 10.6. The van der Waals surface area contributed by atoms with Crippen LogP contribution < -0.4 is 5.73 Å². The number of aromatic carboxylic acids is 1. The van der Waals surface area contributed by atoms with Gasteiger partial charge < -0.3 is 10.8 Å². The molecule has 0 aliphatic rings. The molecule has 2 aromatic carbocycles. The zero-order valence-electron chi connectivity index (χ0n) is 11.9. The third kappa shape index (κ3) is 2.58. The molecule has 22 heavy (non-hydrogen) atoms. The molecule has 0 aliphatic heterocycles. The number of benzene rings is 2. The minimum atomic E-state index is -0.978. The maximum Gasteiger partial charge on any atom is 0.348 e. The van der Waals surface area contributed by atoms with Gasteiger partial charge in [0.25, 0.3) is 0 Å². The number of rotatable bonds is 3. The van der Waals surface area contributed by atoms with Gasteiger partial charge >= 0.3 is 5.97 Å². The molecule has 1 heterocycles. The predicted molar refractivity (Wildman–Crippen MR) is 89.1 cm³/mol. The second-order valence-corrected chi connectivity index (χ2v) is 5.94. The van der Waals surface area contributed by atoms with Gasteiger partial charge in [-0.3, -0.25) is 0 Å². The van der Waals surface area contributed by atoms with E-state index in [1.165, 1.54) is 11.3 Å². The number of hydrogen-bond acceptors (Lipinski definition) is 4. The lowest BCUT2D eigenvalue weighted by Gasteiger charge is -2.03. The van der Waals surface area contributed by atoms with Crippen LogP contribution in [0.2, 0.25) is 0 Å². The third-order valence-electron chi connectivity index (χ3n) is 3.39. The predicted octanol–water partition coefficient (Wildman–Crippen LogP) is 4.07. The molecule has 0 atom stereocenters. The van der Waals surface area contributed by atoms with Crippen LogP contribution in [0.1, 0.15) is 15.2 Å². The van der Waals surface area contributed by atoms with Gasteiger partial charge in [-0.25, -0.2) is 9.78 Å². The smallest absolute Gasteiger partial charge is 0.348 e. The van der Waals surface area contributed by atoms with Gasteiger partial charge in [-0.15, -0.1) is 11.3 Å². The molecule has 3 rings (SSSR count). The van der Waals surface area contributed by atoms with Gasteiger partial charge in [0.1, 0.15) is 9.88 Å². The Balaban J connectivity index is 2.16. The van der Waals surface area contributed by atoms with Crippen LogP contribution in [0.5, 0.6) is 0 Å². The summed E-state index contributed by atoms with van der Waals surface area (Å²) in [7, 11) is 0. The van der Waals surface area contributed by atoms with E-state index in [0.717, 1.165) is 16.7 Å². The monoisotopic (exact) mass is 310 g/mol. The van der Waals surface area contributed by atoms with Crippen molar-refractivity contribution >= 4 is 23.0 Å². The summed E-state index contributed by atoms with van der Waals surface area (Å²) in [6.45, 7) is 1.91. The second-order valence-electron chi connectivity index (χ2n) is 4.94. The molecule has 0 fully saturated rings. The Kier molecular flexibility index (Phi) is 3.65. The number of aromatic nitrogens is 1. The maximum atomic E-state index is 11.5. The van der Waals surface area contributed by atoms with E-state index in [0.29, 0.717) is 16.4 Å². The van der Waals surface area contributed by atoms with E-state index in [4.69, 9.17) is 5.73 Å². The summed E-state index contributed by atoms with van der Waals surface area (Å²) in [5.74, 6) is -0.978. The number of nitrogens with zero attached hydrogens (tertiary/aromatic N) is 1. The first kappa shape index (κ1) is 14.3. The Bertz CT molecular complexity index is 841. The number of aryl methyl sites for hydroxylation is 1. The summed E-state index contributed by atoms with van der Waals surface area (Å²) < 4.78 is 0. The van der Waals surface area contributed by atoms with Crippen molar-refractivity contribution in [2.24, 2.45) is 0 Å². The van der Waals surface area contributed by atoms with Crippen molar-refractivity contribution in [3.05, 3.63) is 59.0 Å². The van der Waals surface area contributed by atoms with Crippen molar-refractivity contribution in [2.75, 3.05) is 5.73 Å². The minimum Gasteiger partial charge on any atom is -0.477 e. The first-order valence-electron chi connectivity index (χ1n) is 6.72. The van der Waals surface area contributed by atoms with Gasteiger partial charge in [0.2, 0.25) is 0 Å². The molecule has 1 aromatic heterocycles. The molecule has 4 nitrogen and oxygen atoms in total. The van der Waals surface area contributed by atoms with E-state index in [1.54, 1.807) is 6.07 Å². The molecule has 5 heteroatoms. The number of hydrogen-bond donors (Lipinski definition) is 2. The van der Waals surface area contributed by atoms with Gasteiger partial charge in [0, 0.05) is 16.8 Å². The fourth-order valence-corrected chi connectivity index (χ4v) is 3.08. The van der Waals surface area contributed by atoms with Crippen LogP contribution in [-0.2, 0) is 0 Å². The topological polar surface area (TPSA) is 76.2 Å². The van der Waals surface area contributed by atoms with Crippen molar-refractivity contribution in [3.63, 3.8) is 0 Å². The fraction of sp³-hybridized carbons (Fsp3) is 0.0588. The van der Waals surface area contributed by atoms with E-state index in [2.05, 4.69) is 4.98 Å². The summed E-state index contributed by atoms with van der Waals surface area (Å²) in [6, 6.07) is 15.0. The molecule has 0 saturated carbocycles. The van der Waals surface area contributed by atoms with Crippen LogP contribution in [0, 0.1) is 6.92 Å². The highest BCUT2D eigenvalue weighted by Gasteiger charge is 2.19. The molecule has 0 aliphatic carbocycles. The van der Waals surface area contributed by atoms with E-state index < -0.39 is 5.97 Å². The Morgan fingerprint density at radius 2 is 1.86 bits per heavy atom. The summed E-state index contributed by atoms with van der Waals surface area (Å²) in [5, 5.41) is 10.1. The number of anilines is 1. The quantitative estimate of drug-likeness (QED) is 0.715. The van der Waals surface area contributed by atoms with Crippen LogP contribution >= 0.6 is 11.3 Å². The molecule has 110 valence electrons. The summed E-state index contributed by atoms with van der Waals surface area (Å²) in [6.07, 6.45) is 0. The lowest BCUT2D eigenvalue weighted by molar-refractivity contribution is 0.0702. The molecule has 0 unspecified atom stereocenters. The van der Waals surface area contributed by atoms with Gasteiger partial charge in [-0.2, -0.15) is 0 Å². The molecular formula is C17H14N2O2S. The van der Waals surface area contributed by atoms with Crippen molar-refractivity contribution in [3.8, 4) is 21.8 Å². The average Bonchev–Trinajstić information content (AvgIpc) is 2.96. The van der Waals surface area contributed by atoms with Crippen molar-refractivity contribution < 1.29 is 9.90 Å². The number of carboxylic acid groups (broad SMARTS) is 1. The van der Waals surface area contributed by atoms with Crippen molar-refractivity contribution in [1.82, 2.24) is 4.98 Å². The standard InChI is InChI=1S/C17H14N2O2S/c1-10-7-8-12(9-13(10)18)14-15(17(20)21)22-16(19-14)11-5-3-2-4-6-11/h2-9H,18H2,1H3,(H,20,21). The number of nitrogen functional groups attached to an aromatic ring is 1. The first-order valence-corrected chi connectivity index (χ1v) is 7.54. The highest BCUT2D eigenvalue weighted by atomic mass is 32.1. The zero-order chi connectivity index (χ0) is 15.7. The van der Waals surface area contributed by atoms with Gasteiger partial charge in [0.15, 0.2) is 0 Å². The van der Waals surface area contributed by atoms with Crippen LogP contribution in [0.3, 0.4) is 0 Å². The molecule has 0 saturated heterocycles. The van der Waals surface area contributed by atoms with E-state index in [9.17, 15) is 9.90 Å². The SMILES string of the molecule is Cc1ccc(-c2nc(-c3ccccc3)sc2C(=O)O)cc1N. The molecule has 0 radical (unpaired) electrons. The highest BCUT2D eigenvalue weighted by molar-refractivity contribution is 7.17. The Morgan fingerprint density at radius 3 is 2.50 bits per heavy atom. The summed E-state index contributed by atoms with van der Waals surface area (Å²) >= 11 is 1.17. The number of nitrogens with two attached hydrogens (primary N) is 1. The lowest BCUT2D eigenvalue weighted by atomic mass is 10.1. The molecule has 3 aromatic rings. The Morgan fingerprint density at radius 1 is 1.14 bits per heavy atom. The van der Waals surface area contributed by atoms with Crippen LogP contribution in [0.15, 0.2) is 48.5 Å². The molecule has 0 amide bonds. The fourth-order valence-electron chi connectivity index (χ4n) is 2.15. The highest BCUT2D eigenvalue weighted by Crippen LogP contribution is 2.34. The van der Waals surface area contributed by atoms with E-state index in [-0.39, 0.29) is 4.88 Å². The molecule has 0 spiro atoms. The zero-order valence-corrected chi connectivity index (χ0v) is 12.7. The summed E-state index contributed by atoms with van der Waals surface area (Å²) in [4.78, 5) is 16.3. The minimum absolute atomic E-state index is 0.224. The molecular weight excluding hydrogens is 296 g/mol. The maximum absolute atomic E-state index is 11.5. The van der Waals surface area contributed by atoms with Gasteiger partial charge in [-0.1, -0.05) is 42.5 Å². The number of carboxylic acids is 1. The summed E-state index contributed by atoms with van der Waals surface area (Å²) in [5.41, 5.74) is 9.60. The number of carbonyl (C=O) groups is 1. The Hall–Kier alpha value is -2.66. The second kappa shape index (κ2) is 5.61. The van der Waals surface area contributed by atoms with E-state index >= 15 is 0 Å². The normalized spacial score (nSPS) is 10.6. The average molecular weight is 310 g/mol. The third-order valence-corrected chi connectivity index (χ3v) is 4.49. The number of thiazole rings is 1. The van der Waals surface area contributed by atoms with E-state index in [1.807, 2.05) is 49.4 Å². The largest absolute Gasteiger partial charge is 0.477 e.